The normalized spacial score (nSPS) is 12.4. The first-order chi connectivity index (χ1) is 8.16. The van der Waals surface area contributed by atoms with Crippen LogP contribution in [0.5, 0.6) is 0 Å². The third-order valence-corrected chi connectivity index (χ3v) is 2.86. The fraction of sp³-hybridized carbons (Fsp3) is 0.154. The van der Waals surface area contributed by atoms with E-state index in [9.17, 15) is 5.11 Å². The van der Waals surface area contributed by atoms with Crippen molar-refractivity contribution in [3.05, 3.63) is 58.9 Å². The Balaban J connectivity index is 2.14. The molecule has 2 aromatic rings. The van der Waals surface area contributed by atoms with Gasteiger partial charge in [0.05, 0.1) is 6.10 Å². The summed E-state index contributed by atoms with van der Waals surface area (Å²) in [5.74, 6) is 0. The van der Waals surface area contributed by atoms with Gasteiger partial charge in [-0.1, -0.05) is 23.7 Å². The van der Waals surface area contributed by atoms with E-state index >= 15 is 0 Å². The molecule has 0 aliphatic carbocycles. The number of pyridine rings is 1. The number of hydrogen-bond acceptors (Lipinski definition) is 3. The quantitative estimate of drug-likeness (QED) is 0.878. The molecule has 0 fully saturated rings. The summed E-state index contributed by atoms with van der Waals surface area (Å²) in [6.07, 6.45) is 3.15. The summed E-state index contributed by atoms with van der Waals surface area (Å²) in [5, 5.41) is 10.7. The first kappa shape index (κ1) is 11.9. The third-order valence-electron chi connectivity index (χ3n) is 2.61. The number of aliphatic hydroxyl groups excluding tert-OH is 1. The SMILES string of the molecule is Nc1ccncc1CC(O)c1ccc(Cl)cc1. The van der Waals surface area contributed by atoms with Crippen LogP contribution in [0.1, 0.15) is 17.2 Å². The fourth-order valence-electron chi connectivity index (χ4n) is 1.62. The largest absolute Gasteiger partial charge is 0.398 e. The summed E-state index contributed by atoms with van der Waals surface area (Å²) in [5.41, 5.74) is 8.10. The van der Waals surface area contributed by atoms with E-state index in [4.69, 9.17) is 17.3 Å². The van der Waals surface area contributed by atoms with Crippen molar-refractivity contribution >= 4 is 17.3 Å². The van der Waals surface area contributed by atoms with Gasteiger partial charge in [0.2, 0.25) is 0 Å². The summed E-state index contributed by atoms with van der Waals surface area (Å²) < 4.78 is 0. The van der Waals surface area contributed by atoms with Gasteiger partial charge < -0.3 is 10.8 Å². The number of nitrogens with two attached hydrogens (primary N) is 1. The predicted molar refractivity (Wildman–Crippen MR) is 68.8 cm³/mol. The molecule has 1 unspecified atom stereocenters. The van der Waals surface area contributed by atoms with Gasteiger partial charge in [-0.2, -0.15) is 0 Å². The molecule has 0 spiro atoms. The smallest absolute Gasteiger partial charge is 0.0831 e. The molecule has 0 amide bonds. The molecular weight excluding hydrogens is 236 g/mol. The number of rotatable bonds is 3. The molecular formula is C13H13ClN2O. The number of benzene rings is 1. The number of hydrogen-bond donors (Lipinski definition) is 2. The summed E-state index contributed by atoms with van der Waals surface area (Å²) in [4.78, 5) is 3.99. The van der Waals surface area contributed by atoms with Crippen molar-refractivity contribution in [1.82, 2.24) is 4.98 Å². The monoisotopic (exact) mass is 248 g/mol. The maximum absolute atomic E-state index is 10.1. The Labute approximate surface area is 105 Å². The van der Waals surface area contributed by atoms with Gasteiger partial charge in [0.25, 0.3) is 0 Å². The number of halogens is 1. The van der Waals surface area contributed by atoms with Crippen LogP contribution in [0.3, 0.4) is 0 Å². The third kappa shape index (κ3) is 2.96. The van der Waals surface area contributed by atoms with Gasteiger partial charge in [-0.3, -0.25) is 4.98 Å². The zero-order valence-corrected chi connectivity index (χ0v) is 9.93. The Morgan fingerprint density at radius 3 is 2.59 bits per heavy atom. The maximum Gasteiger partial charge on any atom is 0.0831 e. The lowest BCUT2D eigenvalue weighted by Gasteiger charge is -2.12. The van der Waals surface area contributed by atoms with E-state index in [1.807, 2.05) is 0 Å². The zero-order chi connectivity index (χ0) is 12.3. The number of nitrogens with zero attached hydrogens (tertiary/aromatic N) is 1. The van der Waals surface area contributed by atoms with Crippen molar-refractivity contribution in [2.75, 3.05) is 5.73 Å². The van der Waals surface area contributed by atoms with Crippen LogP contribution >= 0.6 is 11.6 Å². The fourth-order valence-corrected chi connectivity index (χ4v) is 1.75. The highest BCUT2D eigenvalue weighted by Gasteiger charge is 2.10. The Kier molecular flexibility index (Phi) is 3.61. The molecule has 1 aromatic carbocycles. The highest BCUT2D eigenvalue weighted by Crippen LogP contribution is 2.22. The van der Waals surface area contributed by atoms with Crippen LogP contribution in [-0.4, -0.2) is 10.1 Å². The number of nitrogen functional groups attached to an aromatic ring is 1. The Bertz CT molecular complexity index is 499. The molecule has 17 heavy (non-hydrogen) atoms. The van der Waals surface area contributed by atoms with Crippen LogP contribution in [0.15, 0.2) is 42.7 Å². The van der Waals surface area contributed by atoms with E-state index in [-0.39, 0.29) is 0 Å². The minimum Gasteiger partial charge on any atom is -0.398 e. The van der Waals surface area contributed by atoms with Crippen molar-refractivity contribution < 1.29 is 5.11 Å². The second-order valence-electron chi connectivity index (χ2n) is 3.85. The maximum atomic E-state index is 10.1. The molecule has 88 valence electrons. The molecule has 0 aliphatic rings. The van der Waals surface area contributed by atoms with Crippen molar-refractivity contribution in [1.29, 1.82) is 0 Å². The van der Waals surface area contributed by atoms with Crippen molar-refractivity contribution in [2.45, 2.75) is 12.5 Å². The molecule has 1 aromatic heterocycles. The first-order valence-electron chi connectivity index (χ1n) is 5.28. The lowest BCUT2D eigenvalue weighted by molar-refractivity contribution is 0.178. The molecule has 1 heterocycles. The summed E-state index contributed by atoms with van der Waals surface area (Å²) in [7, 11) is 0. The van der Waals surface area contributed by atoms with Crippen molar-refractivity contribution in [3.8, 4) is 0 Å². The molecule has 0 saturated heterocycles. The average Bonchev–Trinajstić information content (AvgIpc) is 2.33. The van der Waals surface area contributed by atoms with E-state index < -0.39 is 6.10 Å². The number of aliphatic hydroxyl groups is 1. The van der Waals surface area contributed by atoms with Gasteiger partial charge in [-0.15, -0.1) is 0 Å². The van der Waals surface area contributed by atoms with Crippen LogP contribution in [0.4, 0.5) is 5.69 Å². The predicted octanol–water partition coefficient (Wildman–Crippen LogP) is 2.59. The van der Waals surface area contributed by atoms with Crippen molar-refractivity contribution in [3.63, 3.8) is 0 Å². The van der Waals surface area contributed by atoms with Gasteiger partial charge in [-0.05, 0) is 29.3 Å². The molecule has 3 nitrogen and oxygen atoms in total. The zero-order valence-electron chi connectivity index (χ0n) is 9.18. The van der Waals surface area contributed by atoms with Gasteiger partial charge >= 0.3 is 0 Å². The Hall–Kier alpha value is -1.58. The molecule has 3 N–H and O–H groups in total. The van der Waals surface area contributed by atoms with E-state index in [0.717, 1.165) is 11.1 Å². The van der Waals surface area contributed by atoms with Crippen molar-refractivity contribution in [2.24, 2.45) is 0 Å². The first-order valence-corrected chi connectivity index (χ1v) is 5.66. The number of anilines is 1. The summed E-state index contributed by atoms with van der Waals surface area (Å²) in [6.45, 7) is 0. The highest BCUT2D eigenvalue weighted by atomic mass is 35.5. The molecule has 0 bridgehead atoms. The summed E-state index contributed by atoms with van der Waals surface area (Å²) in [6, 6.07) is 8.85. The summed E-state index contributed by atoms with van der Waals surface area (Å²) >= 11 is 5.79. The Morgan fingerprint density at radius 2 is 1.94 bits per heavy atom. The van der Waals surface area contributed by atoms with Gasteiger partial charge in [0, 0.05) is 29.5 Å². The van der Waals surface area contributed by atoms with Crippen LogP contribution in [-0.2, 0) is 6.42 Å². The number of aromatic nitrogens is 1. The average molecular weight is 249 g/mol. The van der Waals surface area contributed by atoms with E-state index in [2.05, 4.69) is 4.98 Å². The molecule has 1 atom stereocenters. The van der Waals surface area contributed by atoms with E-state index in [1.165, 1.54) is 0 Å². The lowest BCUT2D eigenvalue weighted by atomic mass is 10.0. The molecule has 4 heteroatoms. The van der Waals surface area contributed by atoms with Crippen LogP contribution < -0.4 is 5.73 Å². The van der Waals surface area contributed by atoms with Crippen LogP contribution in [0.2, 0.25) is 5.02 Å². The molecule has 0 saturated carbocycles. The standard InChI is InChI=1S/C13H13ClN2O/c14-11-3-1-9(2-4-11)13(17)7-10-8-16-6-5-12(10)15/h1-6,8,13,17H,7H2,(H2,15,16). The van der Waals surface area contributed by atoms with Crippen LogP contribution in [0.25, 0.3) is 0 Å². The van der Waals surface area contributed by atoms with Crippen LogP contribution in [0, 0.1) is 0 Å². The second-order valence-corrected chi connectivity index (χ2v) is 4.28. The van der Waals surface area contributed by atoms with Gasteiger partial charge in [0.1, 0.15) is 0 Å². The molecule has 0 radical (unpaired) electrons. The topological polar surface area (TPSA) is 59.1 Å². The highest BCUT2D eigenvalue weighted by molar-refractivity contribution is 6.30. The van der Waals surface area contributed by atoms with E-state index in [1.54, 1.807) is 42.7 Å². The Morgan fingerprint density at radius 1 is 1.24 bits per heavy atom. The van der Waals surface area contributed by atoms with E-state index in [0.29, 0.717) is 17.1 Å². The minimum atomic E-state index is -0.598. The minimum absolute atomic E-state index is 0.446. The van der Waals surface area contributed by atoms with Gasteiger partial charge in [0.15, 0.2) is 0 Å². The molecule has 2 rings (SSSR count). The van der Waals surface area contributed by atoms with Gasteiger partial charge in [-0.25, -0.2) is 0 Å². The second kappa shape index (κ2) is 5.17. The molecule has 0 aliphatic heterocycles. The lowest BCUT2D eigenvalue weighted by Crippen LogP contribution is -2.04.